The SMILES string of the molecule is CCC1(C(=O)O)CCN(C(=O)NCCCC(C)C)CC1. The van der Waals surface area contributed by atoms with Gasteiger partial charge in [-0.15, -0.1) is 0 Å². The fourth-order valence-corrected chi connectivity index (χ4v) is 2.67. The molecule has 116 valence electrons. The normalized spacial score (nSPS) is 18.1. The Kier molecular flexibility index (Phi) is 6.30. The summed E-state index contributed by atoms with van der Waals surface area (Å²) in [5.41, 5.74) is -0.631. The van der Waals surface area contributed by atoms with Crippen molar-refractivity contribution in [1.82, 2.24) is 10.2 Å². The highest BCUT2D eigenvalue weighted by Gasteiger charge is 2.40. The molecule has 0 unspecified atom stereocenters. The van der Waals surface area contributed by atoms with Gasteiger partial charge in [0.2, 0.25) is 0 Å². The Bertz CT molecular complexity index is 334. The van der Waals surface area contributed by atoms with Gasteiger partial charge in [0, 0.05) is 19.6 Å². The van der Waals surface area contributed by atoms with Crippen molar-refractivity contribution in [2.45, 2.75) is 52.9 Å². The molecule has 0 radical (unpaired) electrons. The van der Waals surface area contributed by atoms with Gasteiger partial charge in [0.05, 0.1) is 5.41 Å². The predicted molar refractivity (Wildman–Crippen MR) is 78.6 cm³/mol. The fraction of sp³-hybridized carbons (Fsp3) is 0.867. The van der Waals surface area contributed by atoms with Gasteiger partial charge in [-0.25, -0.2) is 4.79 Å². The molecule has 0 aromatic carbocycles. The van der Waals surface area contributed by atoms with Gasteiger partial charge in [-0.3, -0.25) is 4.79 Å². The minimum absolute atomic E-state index is 0.0520. The lowest BCUT2D eigenvalue weighted by atomic mass is 9.76. The zero-order chi connectivity index (χ0) is 15.2. The number of carbonyl (C=O) groups is 2. The molecule has 0 atom stereocenters. The molecule has 1 rings (SSSR count). The number of carboxylic acids is 1. The molecule has 2 N–H and O–H groups in total. The fourth-order valence-electron chi connectivity index (χ4n) is 2.67. The van der Waals surface area contributed by atoms with Crippen LogP contribution in [0.1, 0.15) is 52.9 Å². The van der Waals surface area contributed by atoms with Crippen molar-refractivity contribution in [2.75, 3.05) is 19.6 Å². The van der Waals surface area contributed by atoms with Crippen molar-refractivity contribution in [3.05, 3.63) is 0 Å². The minimum atomic E-state index is -0.725. The molecule has 1 aliphatic heterocycles. The number of urea groups is 1. The summed E-state index contributed by atoms with van der Waals surface area (Å²) in [6.45, 7) is 8.03. The first-order chi connectivity index (χ1) is 9.41. The van der Waals surface area contributed by atoms with Gasteiger partial charge in [0.15, 0.2) is 0 Å². The van der Waals surface area contributed by atoms with Crippen LogP contribution in [-0.2, 0) is 4.79 Å². The van der Waals surface area contributed by atoms with E-state index in [9.17, 15) is 14.7 Å². The highest BCUT2D eigenvalue weighted by Crippen LogP contribution is 2.35. The zero-order valence-corrected chi connectivity index (χ0v) is 12.9. The van der Waals surface area contributed by atoms with Crippen molar-refractivity contribution in [1.29, 1.82) is 0 Å². The van der Waals surface area contributed by atoms with E-state index in [1.807, 2.05) is 6.92 Å². The maximum absolute atomic E-state index is 12.0. The van der Waals surface area contributed by atoms with Gasteiger partial charge in [-0.1, -0.05) is 20.8 Å². The van der Waals surface area contributed by atoms with Crippen LogP contribution < -0.4 is 5.32 Å². The number of nitrogens with one attached hydrogen (secondary N) is 1. The van der Waals surface area contributed by atoms with Crippen LogP contribution >= 0.6 is 0 Å². The zero-order valence-electron chi connectivity index (χ0n) is 12.9. The van der Waals surface area contributed by atoms with Gasteiger partial charge in [0.1, 0.15) is 0 Å². The molecular weight excluding hydrogens is 256 g/mol. The maximum Gasteiger partial charge on any atom is 0.317 e. The largest absolute Gasteiger partial charge is 0.481 e. The molecule has 0 aromatic heterocycles. The summed E-state index contributed by atoms with van der Waals surface area (Å²) in [4.78, 5) is 25.1. The van der Waals surface area contributed by atoms with Crippen molar-refractivity contribution in [3.8, 4) is 0 Å². The number of hydrogen-bond acceptors (Lipinski definition) is 2. The first kappa shape index (κ1) is 16.8. The van der Waals surface area contributed by atoms with E-state index in [-0.39, 0.29) is 6.03 Å². The van der Waals surface area contributed by atoms with E-state index in [4.69, 9.17) is 0 Å². The molecule has 0 aromatic rings. The first-order valence-electron chi connectivity index (χ1n) is 7.67. The molecular formula is C15H28N2O3. The third-order valence-corrected chi connectivity index (χ3v) is 4.37. The van der Waals surface area contributed by atoms with Crippen LogP contribution in [0.3, 0.4) is 0 Å². The van der Waals surface area contributed by atoms with E-state index < -0.39 is 11.4 Å². The van der Waals surface area contributed by atoms with Gasteiger partial charge in [0.25, 0.3) is 0 Å². The van der Waals surface area contributed by atoms with E-state index in [1.165, 1.54) is 0 Å². The Hall–Kier alpha value is -1.26. The maximum atomic E-state index is 12.0. The average Bonchev–Trinajstić information content (AvgIpc) is 2.43. The van der Waals surface area contributed by atoms with E-state index >= 15 is 0 Å². The van der Waals surface area contributed by atoms with Crippen LogP contribution in [0.25, 0.3) is 0 Å². The van der Waals surface area contributed by atoms with Crippen molar-refractivity contribution in [3.63, 3.8) is 0 Å². The van der Waals surface area contributed by atoms with Crippen LogP contribution in [0.5, 0.6) is 0 Å². The van der Waals surface area contributed by atoms with E-state index in [1.54, 1.807) is 4.90 Å². The summed E-state index contributed by atoms with van der Waals surface area (Å²) in [5.74, 6) is -0.0698. The van der Waals surface area contributed by atoms with Crippen molar-refractivity contribution >= 4 is 12.0 Å². The molecule has 0 saturated carbocycles. The summed E-state index contributed by atoms with van der Waals surface area (Å²) >= 11 is 0. The lowest BCUT2D eigenvalue weighted by molar-refractivity contribution is -0.151. The first-order valence-corrected chi connectivity index (χ1v) is 7.67. The van der Waals surface area contributed by atoms with Crippen LogP contribution in [0.2, 0.25) is 0 Å². The molecule has 1 aliphatic rings. The molecule has 0 bridgehead atoms. The molecule has 1 heterocycles. The number of likely N-dealkylation sites (tertiary alicyclic amines) is 1. The van der Waals surface area contributed by atoms with Gasteiger partial charge < -0.3 is 15.3 Å². The average molecular weight is 284 g/mol. The number of rotatable bonds is 6. The van der Waals surface area contributed by atoms with Gasteiger partial charge in [-0.2, -0.15) is 0 Å². The second-order valence-corrected chi connectivity index (χ2v) is 6.19. The summed E-state index contributed by atoms with van der Waals surface area (Å²) in [7, 11) is 0. The van der Waals surface area contributed by atoms with Crippen LogP contribution in [0.4, 0.5) is 4.79 Å². The third-order valence-electron chi connectivity index (χ3n) is 4.37. The Morgan fingerprint density at radius 2 is 1.90 bits per heavy atom. The van der Waals surface area contributed by atoms with Crippen LogP contribution in [0.15, 0.2) is 0 Å². The standard InChI is InChI=1S/C15H28N2O3/c1-4-15(13(18)19)7-10-17(11-8-15)14(20)16-9-5-6-12(2)3/h12H,4-11H2,1-3H3,(H,16,20)(H,18,19). The Morgan fingerprint density at radius 3 is 2.35 bits per heavy atom. The Morgan fingerprint density at radius 1 is 1.30 bits per heavy atom. The summed E-state index contributed by atoms with van der Waals surface area (Å²) in [5, 5.41) is 12.2. The number of carboxylic acid groups (broad SMARTS) is 1. The van der Waals surface area contributed by atoms with Gasteiger partial charge >= 0.3 is 12.0 Å². The van der Waals surface area contributed by atoms with E-state index in [0.29, 0.717) is 44.8 Å². The number of nitrogens with zero attached hydrogens (tertiary/aromatic N) is 1. The topological polar surface area (TPSA) is 69.6 Å². The summed E-state index contributed by atoms with van der Waals surface area (Å²) in [6.07, 6.45) is 3.84. The molecule has 0 spiro atoms. The lowest BCUT2D eigenvalue weighted by Gasteiger charge is -2.38. The highest BCUT2D eigenvalue weighted by molar-refractivity contribution is 5.77. The Labute approximate surface area is 121 Å². The molecule has 5 heteroatoms. The third kappa shape index (κ3) is 4.39. The monoisotopic (exact) mass is 284 g/mol. The number of carbonyl (C=O) groups excluding carboxylic acids is 1. The number of piperidine rings is 1. The van der Waals surface area contributed by atoms with E-state index in [2.05, 4.69) is 19.2 Å². The molecule has 1 saturated heterocycles. The van der Waals surface area contributed by atoms with Crippen LogP contribution in [0, 0.1) is 11.3 Å². The van der Waals surface area contributed by atoms with Crippen LogP contribution in [-0.4, -0.2) is 41.6 Å². The number of aliphatic carboxylic acids is 1. The number of hydrogen-bond donors (Lipinski definition) is 2. The molecule has 1 fully saturated rings. The second kappa shape index (κ2) is 7.50. The van der Waals surface area contributed by atoms with Gasteiger partial charge in [-0.05, 0) is 38.0 Å². The second-order valence-electron chi connectivity index (χ2n) is 6.19. The molecule has 20 heavy (non-hydrogen) atoms. The van der Waals surface area contributed by atoms with Crippen molar-refractivity contribution < 1.29 is 14.7 Å². The lowest BCUT2D eigenvalue weighted by Crippen LogP contribution is -2.49. The highest BCUT2D eigenvalue weighted by atomic mass is 16.4. The quantitative estimate of drug-likeness (QED) is 0.737. The predicted octanol–water partition coefficient (Wildman–Crippen LogP) is 2.71. The molecule has 5 nitrogen and oxygen atoms in total. The van der Waals surface area contributed by atoms with Crippen molar-refractivity contribution in [2.24, 2.45) is 11.3 Å². The minimum Gasteiger partial charge on any atom is -0.481 e. The molecule has 0 aliphatic carbocycles. The smallest absolute Gasteiger partial charge is 0.317 e. The number of amides is 2. The van der Waals surface area contributed by atoms with E-state index in [0.717, 1.165) is 12.8 Å². The summed E-state index contributed by atoms with van der Waals surface area (Å²) in [6, 6.07) is -0.0520. The Balaban J connectivity index is 2.34. The summed E-state index contributed by atoms with van der Waals surface area (Å²) < 4.78 is 0. The molecule has 2 amide bonds.